The molecule has 0 saturated heterocycles. The third-order valence-corrected chi connectivity index (χ3v) is 5.53. The highest BCUT2D eigenvalue weighted by atomic mass is 32.2. The summed E-state index contributed by atoms with van der Waals surface area (Å²) in [5, 5.41) is 15.0. The van der Waals surface area contributed by atoms with E-state index < -0.39 is 9.84 Å². The Labute approximate surface area is 163 Å². The number of sulfone groups is 1. The molecule has 4 rings (SSSR count). The maximum absolute atomic E-state index is 12.3. The van der Waals surface area contributed by atoms with Gasteiger partial charge in [0.05, 0.1) is 11.4 Å². The second-order valence-corrected chi connectivity index (χ2v) is 8.24. The summed E-state index contributed by atoms with van der Waals surface area (Å²) in [5.74, 6) is 0. The van der Waals surface area contributed by atoms with Crippen molar-refractivity contribution in [1.82, 2.24) is 19.7 Å². The average molecular weight is 395 g/mol. The Hall–Kier alpha value is -3.18. The van der Waals surface area contributed by atoms with Crippen LogP contribution in [0.25, 0.3) is 21.9 Å². The summed E-state index contributed by atoms with van der Waals surface area (Å²) in [6.45, 7) is 6.17. The molecule has 144 valence electrons. The number of fused-ring (bicyclic) bond motifs is 2. The molecule has 7 nitrogen and oxygen atoms in total. The third-order valence-electron chi connectivity index (χ3n) is 4.36. The first-order valence-corrected chi connectivity index (χ1v) is 10.8. The van der Waals surface area contributed by atoms with Crippen LogP contribution in [0.2, 0.25) is 0 Å². The number of aromatic nitrogens is 4. The van der Waals surface area contributed by atoms with Gasteiger partial charge in [0.25, 0.3) is 0 Å². The van der Waals surface area contributed by atoms with E-state index in [1.807, 2.05) is 32.9 Å². The first-order chi connectivity index (χ1) is 13.4. The second kappa shape index (κ2) is 7.44. The minimum atomic E-state index is -3.40. The molecule has 0 aliphatic heterocycles. The Morgan fingerprint density at radius 1 is 1.25 bits per heavy atom. The maximum atomic E-state index is 12.3. The molecule has 1 aromatic carbocycles. The van der Waals surface area contributed by atoms with Gasteiger partial charge < -0.3 is 4.98 Å². The summed E-state index contributed by atoms with van der Waals surface area (Å²) in [4.78, 5) is 7.64. The molecule has 0 amide bonds. The van der Waals surface area contributed by atoms with Crippen molar-refractivity contribution < 1.29 is 8.42 Å². The number of nitrogens with zero attached hydrogens (tertiary/aromatic N) is 4. The molecular weight excluding hydrogens is 374 g/mol. The van der Waals surface area contributed by atoms with Crippen LogP contribution >= 0.6 is 0 Å². The number of hydrogen-bond acceptors (Lipinski definition) is 5. The van der Waals surface area contributed by atoms with Crippen molar-refractivity contribution >= 4 is 31.8 Å². The van der Waals surface area contributed by atoms with Crippen LogP contribution in [0.15, 0.2) is 41.6 Å². The van der Waals surface area contributed by atoms with Crippen molar-refractivity contribution in [3.05, 3.63) is 53.5 Å². The lowest BCUT2D eigenvalue weighted by Gasteiger charge is -2.12. The highest BCUT2D eigenvalue weighted by Crippen LogP contribution is 2.29. The lowest BCUT2D eigenvalue weighted by Crippen LogP contribution is -2.09. The Balaban J connectivity index is 0.00000109. The van der Waals surface area contributed by atoms with Gasteiger partial charge in [0.15, 0.2) is 15.5 Å². The van der Waals surface area contributed by atoms with E-state index in [2.05, 4.69) is 15.1 Å². The smallest absolute Gasteiger partial charge is 0.182 e. The zero-order valence-corrected chi connectivity index (χ0v) is 17.0. The summed E-state index contributed by atoms with van der Waals surface area (Å²) < 4.78 is 26.3. The standard InChI is InChI=1S/C18H15N5O2S.C2H6/c1-11-7-16(26(2,24)25)15(14-5-6-20-17(11)14)10-23-9-12-3-4-13(8-19)21-18(12)22-23;1-2/h3-7,9,20H,10H2,1-2H3;1-2H3. The minimum absolute atomic E-state index is 0.287. The average Bonchev–Trinajstić information content (AvgIpc) is 3.30. The maximum Gasteiger partial charge on any atom is 0.182 e. The summed E-state index contributed by atoms with van der Waals surface area (Å²) in [7, 11) is -3.40. The predicted octanol–water partition coefficient (Wildman–Crippen LogP) is 3.57. The van der Waals surface area contributed by atoms with Gasteiger partial charge in [0.1, 0.15) is 11.8 Å². The Kier molecular flexibility index (Phi) is 5.21. The molecule has 0 saturated carbocycles. The highest BCUT2D eigenvalue weighted by Gasteiger charge is 2.19. The first-order valence-electron chi connectivity index (χ1n) is 8.91. The van der Waals surface area contributed by atoms with Crippen molar-refractivity contribution in [2.45, 2.75) is 32.2 Å². The first kappa shape index (κ1) is 19.6. The molecule has 8 heteroatoms. The van der Waals surface area contributed by atoms with Gasteiger partial charge in [-0.05, 0) is 36.8 Å². The quantitative estimate of drug-likeness (QED) is 0.571. The van der Waals surface area contributed by atoms with E-state index in [0.29, 0.717) is 21.8 Å². The van der Waals surface area contributed by atoms with Gasteiger partial charge >= 0.3 is 0 Å². The Morgan fingerprint density at radius 2 is 2.00 bits per heavy atom. The zero-order valence-electron chi connectivity index (χ0n) is 16.2. The number of hydrogen-bond donors (Lipinski definition) is 1. The van der Waals surface area contributed by atoms with Gasteiger partial charge in [-0.15, -0.1) is 0 Å². The largest absolute Gasteiger partial charge is 0.361 e. The molecule has 28 heavy (non-hydrogen) atoms. The fourth-order valence-corrected chi connectivity index (χ4v) is 4.20. The number of aromatic amines is 1. The van der Waals surface area contributed by atoms with Crippen molar-refractivity contribution in [2.75, 3.05) is 6.26 Å². The fraction of sp³-hybridized carbons (Fsp3) is 0.250. The Morgan fingerprint density at radius 3 is 2.68 bits per heavy atom. The van der Waals surface area contributed by atoms with E-state index in [-0.39, 0.29) is 6.54 Å². The number of nitriles is 1. The van der Waals surface area contributed by atoms with Gasteiger partial charge in [-0.2, -0.15) is 10.4 Å². The number of rotatable bonds is 3. The van der Waals surface area contributed by atoms with Crippen LogP contribution in [0, 0.1) is 18.3 Å². The van der Waals surface area contributed by atoms with E-state index in [0.717, 1.165) is 21.9 Å². The molecule has 0 aliphatic carbocycles. The van der Waals surface area contributed by atoms with Crippen LogP contribution in [-0.2, 0) is 16.4 Å². The number of benzene rings is 1. The van der Waals surface area contributed by atoms with Crippen molar-refractivity contribution in [1.29, 1.82) is 5.26 Å². The lowest BCUT2D eigenvalue weighted by atomic mass is 10.1. The normalized spacial score (nSPS) is 11.2. The number of nitrogens with one attached hydrogen (secondary N) is 1. The fourth-order valence-electron chi connectivity index (χ4n) is 3.19. The zero-order chi connectivity index (χ0) is 20.5. The molecule has 3 heterocycles. The van der Waals surface area contributed by atoms with Gasteiger partial charge in [-0.3, -0.25) is 4.68 Å². The summed E-state index contributed by atoms with van der Waals surface area (Å²) in [5.41, 5.74) is 3.22. The second-order valence-electron chi connectivity index (χ2n) is 6.26. The molecule has 0 unspecified atom stereocenters. The number of aryl methyl sites for hydroxylation is 1. The van der Waals surface area contributed by atoms with E-state index in [1.54, 1.807) is 35.3 Å². The molecule has 4 aromatic rings. The van der Waals surface area contributed by atoms with E-state index >= 15 is 0 Å². The molecule has 0 aliphatic rings. The number of pyridine rings is 1. The molecule has 0 fully saturated rings. The van der Waals surface area contributed by atoms with Crippen LogP contribution in [0.1, 0.15) is 30.7 Å². The molecule has 0 atom stereocenters. The van der Waals surface area contributed by atoms with Crippen molar-refractivity contribution in [3.63, 3.8) is 0 Å². The van der Waals surface area contributed by atoms with Gasteiger partial charge in [-0.25, -0.2) is 13.4 Å². The van der Waals surface area contributed by atoms with Crippen LogP contribution in [0.5, 0.6) is 0 Å². The van der Waals surface area contributed by atoms with Crippen LogP contribution in [0.4, 0.5) is 0 Å². The molecule has 0 bridgehead atoms. The SMILES string of the molecule is CC.Cc1cc(S(C)(=O)=O)c(Cn2cc3ccc(C#N)nc3n2)c2cc[nH]c12. The van der Waals surface area contributed by atoms with Crippen LogP contribution in [-0.4, -0.2) is 34.4 Å². The van der Waals surface area contributed by atoms with Crippen LogP contribution < -0.4 is 0 Å². The lowest BCUT2D eigenvalue weighted by molar-refractivity contribution is 0.598. The number of H-pyrrole nitrogens is 1. The van der Waals surface area contributed by atoms with Crippen molar-refractivity contribution in [2.24, 2.45) is 0 Å². The van der Waals surface area contributed by atoms with E-state index in [1.165, 1.54) is 6.26 Å². The topological polar surface area (TPSA) is 104 Å². The van der Waals surface area contributed by atoms with Crippen LogP contribution in [0.3, 0.4) is 0 Å². The Bertz CT molecular complexity index is 1310. The monoisotopic (exact) mass is 395 g/mol. The van der Waals surface area contributed by atoms with Gasteiger partial charge in [-0.1, -0.05) is 13.8 Å². The minimum Gasteiger partial charge on any atom is -0.361 e. The van der Waals surface area contributed by atoms with E-state index in [9.17, 15) is 8.42 Å². The van der Waals surface area contributed by atoms with Crippen molar-refractivity contribution in [3.8, 4) is 6.07 Å². The summed E-state index contributed by atoms with van der Waals surface area (Å²) in [6, 6.07) is 8.97. The highest BCUT2D eigenvalue weighted by molar-refractivity contribution is 7.90. The summed E-state index contributed by atoms with van der Waals surface area (Å²) in [6.07, 6.45) is 4.81. The molecule has 3 aromatic heterocycles. The van der Waals surface area contributed by atoms with E-state index in [4.69, 9.17) is 5.26 Å². The predicted molar refractivity (Wildman–Crippen MR) is 109 cm³/mol. The molecule has 1 N–H and O–H groups in total. The molecule has 0 radical (unpaired) electrons. The molecular formula is C20H21N5O2S. The van der Waals surface area contributed by atoms with Gasteiger partial charge in [0, 0.05) is 40.5 Å². The third kappa shape index (κ3) is 3.49. The summed E-state index contributed by atoms with van der Waals surface area (Å²) >= 11 is 0. The molecule has 0 spiro atoms. The van der Waals surface area contributed by atoms with Gasteiger partial charge in [0.2, 0.25) is 0 Å².